The lowest BCUT2D eigenvalue weighted by Gasteiger charge is -2.17. The summed E-state index contributed by atoms with van der Waals surface area (Å²) in [7, 11) is 0. The number of amides is 1. The quantitative estimate of drug-likeness (QED) is 0.528. The molecule has 0 saturated carbocycles. The van der Waals surface area contributed by atoms with E-state index in [4.69, 9.17) is 9.72 Å². The van der Waals surface area contributed by atoms with Crippen molar-refractivity contribution in [1.29, 1.82) is 0 Å². The van der Waals surface area contributed by atoms with Gasteiger partial charge in [0.15, 0.2) is 5.16 Å². The molecule has 4 rings (SSSR count). The van der Waals surface area contributed by atoms with E-state index >= 15 is 0 Å². The average molecular weight is 422 g/mol. The molecule has 0 radical (unpaired) electrons. The van der Waals surface area contributed by atoms with Crippen LogP contribution in [-0.4, -0.2) is 27.3 Å². The fourth-order valence-corrected chi connectivity index (χ4v) is 4.70. The van der Waals surface area contributed by atoms with E-state index in [1.54, 1.807) is 0 Å². The lowest BCUT2D eigenvalue weighted by Crippen LogP contribution is -2.23. The molecule has 1 atom stereocenters. The normalized spacial score (nSPS) is 14.1. The van der Waals surface area contributed by atoms with Crippen LogP contribution < -0.4 is 10.1 Å². The van der Waals surface area contributed by atoms with Gasteiger partial charge in [0.1, 0.15) is 5.75 Å². The van der Waals surface area contributed by atoms with Crippen LogP contribution >= 0.6 is 11.8 Å². The molecule has 3 aromatic rings. The number of nitrogens with one attached hydrogen (secondary N) is 1. The van der Waals surface area contributed by atoms with Crippen LogP contribution in [0.2, 0.25) is 0 Å². The Morgan fingerprint density at radius 2 is 1.87 bits per heavy atom. The maximum absolute atomic E-state index is 12.9. The minimum Gasteiger partial charge on any atom is -0.492 e. The number of thioether (sulfide) groups is 1. The zero-order valence-electron chi connectivity index (χ0n) is 17.4. The van der Waals surface area contributed by atoms with Gasteiger partial charge in [-0.1, -0.05) is 42.1 Å². The van der Waals surface area contributed by atoms with Crippen LogP contribution in [-0.2, 0) is 17.6 Å². The highest BCUT2D eigenvalue weighted by atomic mass is 32.2. The van der Waals surface area contributed by atoms with Gasteiger partial charge < -0.3 is 10.1 Å². The first kappa shape index (κ1) is 20.5. The van der Waals surface area contributed by atoms with Crippen molar-refractivity contribution in [2.45, 2.75) is 49.9 Å². The molecule has 1 aliphatic carbocycles. The third kappa shape index (κ3) is 4.38. The van der Waals surface area contributed by atoms with E-state index in [9.17, 15) is 4.79 Å². The van der Waals surface area contributed by atoms with Crippen molar-refractivity contribution in [3.05, 3.63) is 66.0 Å². The number of fused-ring (bicyclic) bond motifs is 1. The number of aromatic nitrogens is 2. The molecular weight excluding hydrogens is 394 g/mol. The van der Waals surface area contributed by atoms with E-state index in [0.29, 0.717) is 18.0 Å². The summed E-state index contributed by atoms with van der Waals surface area (Å²) in [5.41, 5.74) is 4.25. The zero-order valence-corrected chi connectivity index (χ0v) is 18.2. The molecule has 1 aromatic heterocycles. The molecule has 30 heavy (non-hydrogen) atoms. The lowest BCUT2D eigenvalue weighted by molar-refractivity contribution is -0.115. The Morgan fingerprint density at radius 3 is 2.67 bits per heavy atom. The van der Waals surface area contributed by atoms with Gasteiger partial charge in [-0.15, -0.1) is 0 Å². The fraction of sp³-hybridized carbons (Fsp3) is 0.333. The number of aryl methyl sites for hydroxylation is 1. The van der Waals surface area contributed by atoms with Gasteiger partial charge in [-0.25, -0.2) is 4.98 Å². The van der Waals surface area contributed by atoms with E-state index < -0.39 is 0 Å². The Labute approximate surface area is 181 Å². The standard InChI is InChI=1S/C24H27N3O2S/c1-3-29-22-16-10-8-14-20(22)25-23(28)17(2)30-24-26-19-13-7-9-15-21(19)27(24)18-11-5-4-6-12-18/h4-6,8,10-12,14,16-17H,3,7,9,13,15H2,1-2H3,(H,25,28). The third-order valence-electron chi connectivity index (χ3n) is 5.21. The number of ether oxygens (including phenoxy) is 1. The molecule has 2 aromatic carbocycles. The topological polar surface area (TPSA) is 56.1 Å². The molecule has 1 amide bonds. The number of imidazole rings is 1. The van der Waals surface area contributed by atoms with Crippen molar-refractivity contribution in [2.24, 2.45) is 0 Å². The minimum absolute atomic E-state index is 0.0623. The van der Waals surface area contributed by atoms with E-state index in [1.165, 1.54) is 36.0 Å². The van der Waals surface area contributed by atoms with Crippen LogP contribution in [0, 0.1) is 0 Å². The lowest BCUT2D eigenvalue weighted by atomic mass is 10.0. The summed E-state index contributed by atoms with van der Waals surface area (Å²) in [6.45, 7) is 4.41. The van der Waals surface area contributed by atoms with Gasteiger partial charge >= 0.3 is 0 Å². The van der Waals surface area contributed by atoms with Crippen molar-refractivity contribution in [3.8, 4) is 11.4 Å². The largest absolute Gasteiger partial charge is 0.492 e. The molecule has 5 nitrogen and oxygen atoms in total. The van der Waals surface area contributed by atoms with Gasteiger partial charge in [-0.3, -0.25) is 9.36 Å². The number of carbonyl (C=O) groups is 1. The molecule has 0 fully saturated rings. The SMILES string of the molecule is CCOc1ccccc1NC(=O)C(C)Sc1nc2c(n1-c1ccccc1)CCCC2. The Bertz CT molecular complexity index is 1020. The van der Waals surface area contributed by atoms with E-state index in [2.05, 4.69) is 22.0 Å². The molecule has 1 heterocycles. The second-order valence-corrected chi connectivity index (χ2v) is 8.65. The Balaban J connectivity index is 1.57. The van der Waals surface area contributed by atoms with Crippen LogP contribution in [0.3, 0.4) is 0 Å². The summed E-state index contributed by atoms with van der Waals surface area (Å²) in [4.78, 5) is 17.9. The van der Waals surface area contributed by atoms with E-state index in [1.807, 2.05) is 56.3 Å². The summed E-state index contributed by atoms with van der Waals surface area (Å²) < 4.78 is 7.86. The van der Waals surface area contributed by atoms with Gasteiger partial charge in [-0.2, -0.15) is 0 Å². The summed E-state index contributed by atoms with van der Waals surface area (Å²) in [5, 5.41) is 3.60. The number of benzene rings is 2. The van der Waals surface area contributed by atoms with Crippen LogP contribution in [0.1, 0.15) is 38.1 Å². The smallest absolute Gasteiger partial charge is 0.237 e. The van der Waals surface area contributed by atoms with Crippen LogP contribution in [0.4, 0.5) is 5.69 Å². The molecule has 1 aliphatic rings. The highest BCUT2D eigenvalue weighted by Gasteiger charge is 2.25. The van der Waals surface area contributed by atoms with Crippen molar-refractivity contribution < 1.29 is 9.53 Å². The molecule has 1 unspecified atom stereocenters. The van der Waals surface area contributed by atoms with Crippen molar-refractivity contribution in [3.63, 3.8) is 0 Å². The molecule has 0 saturated heterocycles. The molecule has 0 bridgehead atoms. The zero-order chi connectivity index (χ0) is 20.9. The molecule has 0 spiro atoms. The number of hydrogen-bond acceptors (Lipinski definition) is 4. The second kappa shape index (κ2) is 9.39. The molecule has 6 heteroatoms. The Morgan fingerprint density at radius 1 is 1.13 bits per heavy atom. The van der Waals surface area contributed by atoms with Gasteiger partial charge in [0.25, 0.3) is 0 Å². The Kier molecular flexibility index (Phi) is 6.43. The Hall–Kier alpha value is -2.73. The predicted molar refractivity (Wildman–Crippen MR) is 122 cm³/mol. The number of nitrogens with zero attached hydrogens (tertiary/aromatic N) is 2. The molecule has 1 N–H and O–H groups in total. The van der Waals surface area contributed by atoms with Gasteiger partial charge in [0, 0.05) is 11.4 Å². The highest BCUT2D eigenvalue weighted by Crippen LogP contribution is 2.33. The van der Waals surface area contributed by atoms with Gasteiger partial charge in [0.2, 0.25) is 5.91 Å². The number of para-hydroxylation sites is 3. The van der Waals surface area contributed by atoms with Crippen LogP contribution in [0.5, 0.6) is 5.75 Å². The van der Waals surface area contributed by atoms with E-state index in [-0.39, 0.29) is 11.2 Å². The average Bonchev–Trinajstić information content (AvgIpc) is 3.13. The third-order valence-corrected chi connectivity index (χ3v) is 6.26. The first-order chi connectivity index (χ1) is 14.7. The summed E-state index contributed by atoms with van der Waals surface area (Å²) in [6.07, 6.45) is 4.39. The molecule has 156 valence electrons. The maximum Gasteiger partial charge on any atom is 0.237 e. The summed E-state index contributed by atoms with van der Waals surface area (Å²) in [5.74, 6) is 0.625. The number of carbonyl (C=O) groups excluding carboxylic acids is 1. The van der Waals surface area contributed by atoms with Crippen LogP contribution in [0.15, 0.2) is 59.8 Å². The van der Waals surface area contributed by atoms with Crippen molar-refractivity contribution >= 4 is 23.4 Å². The number of rotatable bonds is 7. The summed E-state index contributed by atoms with van der Waals surface area (Å²) >= 11 is 1.50. The maximum atomic E-state index is 12.9. The minimum atomic E-state index is -0.300. The first-order valence-electron chi connectivity index (χ1n) is 10.5. The van der Waals surface area contributed by atoms with Crippen molar-refractivity contribution in [2.75, 3.05) is 11.9 Å². The van der Waals surface area contributed by atoms with Crippen molar-refractivity contribution in [1.82, 2.24) is 9.55 Å². The number of anilines is 1. The van der Waals surface area contributed by atoms with Gasteiger partial charge in [-0.05, 0) is 63.8 Å². The number of hydrogen-bond donors (Lipinski definition) is 1. The van der Waals surface area contributed by atoms with Gasteiger partial charge in [0.05, 0.1) is 23.2 Å². The molecule has 0 aliphatic heterocycles. The monoisotopic (exact) mass is 421 g/mol. The highest BCUT2D eigenvalue weighted by molar-refractivity contribution is 8.00. The molecular formula is C24H27N3O2S. The van der Waals surface area contributed by atoms with Crippen LogP contribution in [0.25, 0.3) is 5.69 Å². The second-order valence-electron chi connectivity index (χ2n) is 7.34. The fourth-order valence-electron chi connectivity index (χ4n) is 3.74. The summed E-state index contributed by atoms with van der Waals surface area (Å²) in [6, 6.07) is 17.8. The predicted octanol–water partition coefficient (Wildman–Crippen LogP) is 5.27. The first-order valence-corrected chi connectivity index (χ1v) is 11.4. The van der Waals surface area contributed by atoms with E-state index in [0.717, 1.165) is 23.7 Å².